The molecule has 0 N–H and O–H groups in total. The van der Waals surface area contributed by atoms with E-state index in [1.807, 2.05) is 0 Å². The third kappa shape index (κ3) is 7.47. The maximum atomic E-state index is 5.53. The molecule has 0 spiro atoms. The second-order valence-electron chi connectivity index (χ2n) is 3.17. The second kappa shape index (κ2) is 8.97. The van der Waals surface area contributed by atoms with Gasteiger partial charge >= 0.3 is 0 Å². The zero-order chi connectivity index (χ0) is 10.1. The molecule has 0 bridgehead atoms. The number of hydrogen-bond donors (Lipinski definition) is 0. The first-order valence-corrected chi connectivity index (χ1v) is 5.97. The van der Waals surface area contributed by atoms with Crippen molar-refractivity contribution < 1.29 is 9.47 Å². The van der Waals surface area contributed by atoms with Gasteiger partial charge in [-0.1, -0.05) is 43.1 Å². The number of rotatable bonds is 8. The Morgan fingerprint density at radius 1 is 1.31 bits per heavy atom. The zero-order valence-corrected chi connectivity index (χ0v) is 10.5. The third-order valence-corrected chi connectivity index (χ3v) is 2.51. The molecule has 0 aliphatic heterocycles. The number of alkyl halides is 1. The number of halogens is 1. The molecule has 0 rings (SSSR count). The van der Waals surface area contributed by atoms with Gasteiger partial charge in [-0.3, -0.25) is 0 Å². The standard InChI is InChI=1S/C10H21BrO2/c1-4-6-7-12-8-13-10(5-2)9(3)11/h9-10H,4-8H2,1-3H3. The van der Waals surface area contributed by atoms with Crippen LogP contribution in [0.25, 0.3) is 0 Å². The molecule has 0 saturated carbocycles. The van der Waals surface area contributed by atoms with Crippen molar-refractivity contribution in [1.29, 1.82) is 0 Å². The average molecular weight is 253 g/mol. The molecule has 0 aromatic rings. The Bertz CT molecular complexity index is 107. The molecular weight excluding hydrogens is 232 g/mol. The zero-order valence-electron chi connectivity index (χ0n) is 8.88. The quantitative estimate of drug-likeness (QED) is 0.375. The molecule has 0 aliphatic carbocycles. The van der Waals surface area contributed by atoms with Crippen LogP contribution in [0.5, 0.6) is 0 Å². The predicted molar refractivity (Wildman–Crippen MR) is 59.3 cm³/mol. The third-order valence-electron chi connectivity index (χ3n) is 1.92. The fraction of sp³-hybridized carbons (Fsp3) is 1.00. The molecule has 0 fully saturated rings. The lowest BCUT2D eigenvalue weighted by atomic mass is 10.2. The van der Waals surface area contributed by atoms with Crippen molar-refractivity contribution >= 4 is 15.9 Å². The fourth-order valence-electron chi connectivity index (χ4n) is 1.02. The van der Waals surface area contributed by atoms with Crippen LogP contribution in [0.1, 0.15) is 40.0 Å². The minimum Gasteiger partial charge on any atom is -0.355 e. The van der Waals surface area contributed by atoms with E-state index in [4.69, 9.17) is 9.47 Å². The molecular formula is C10H21BrO2. The first-order valence-electron chi connectivity index (χ1n) is 5.05. The summed E-state index contributed by atoms with van der Waals surface area (Å²) >= 11 is 3.50. The van der Waals surface area contributed by atoms with Crippen molar-refractivity contribution in [3.8, 4) is 0 Å². The van der Waals surface area contributed by atoms with E-state index in [2.05, 4.69) is 36.7 Å². The van der Waals surface area contributed by atoms with Crippen LogP contribution in [0, 0.1) is 0 Å². The normalized spacial score (nSPS) is 15.7. The van der Waals surface area contributed by atoms with Crippen molar-refractivity contribution in [3.63, 3.8) is 0 Å². The summed E-state index contributed by atoms with van der Waals surface area (Å²) < 4.78 is 10.8. The number of hydrogen-bond acceptors (Lipinski definition) is 2. The van der Waals surface area contributed by atoms with Crippen LogP contribution in [0.2, 0.25) is 0 Å². The van der Waals surface area contributed by atoms with Crippen LogP contribution < -0.4 is 0 Å². The van der Waals surface area contributed by atoms with Crippen molar-refractivity contribution in [2.45, 2.75) is 51.0 Å². The Kier molecular flexibility index (Phi) is 9.25. The molecule has 0 saturated heterocycles. The summed E-state index contributed by atoms with van der Waals surface area (Å²) in [5.74, 6) is 0. The molecule has 80 valence electrons. The van der Waals surface area contributed by atoms with E-state index >= 15 is 0 Å². The maximum absolute atomic E-state index is 5.53. The summed E-state index contributed by atoms with van der Waals surface area (Å²) in [4.78, 5) is 0.396. The predicted octanol–water partition coefficient (Wildman–Crippen LogP) is 3.34. The summed E-state index contributed by atoms with van der Waals surface area (Å²) in [5, 5.41) is 0. The minimum absolute atomic E-state index is 0.265. The van der Waals surface area contributed by atoms with Gasteiger partial charge in [0.2, 0.25) is 0 Å². The van der Waals surface area contributed by atoms with Gasteiger partial charge in [0.05, 0.1) is 6.10 Å². The first-order chi connectivity index (χ1) is 6.22. The highest BCUT2D eigenvalue weighted by Gasteiger charge is 2.11. The minimum atomic E-state index is 0.265. The Balaban J connectivity index is 3.28. The lowest BCUT2D eigenvalue weighted by Gasteiger charge is -2.18. The lowest BCUT2D eigenvalue weighted by molar-refractivity contribution is -0.0892. The highest BCUT2D eigenvalue weighted by molar-refractivity contribution is 9.09. The van der Waals surface area contributed by atoms with Gasteiger partial charge in [-0.2, -0.15) is 0 Å². The van der Waals surface area contributed by atoms with Gasteiger partial charge in [0.1, 0.15) is 6.79 Å². The van der Waals surface area contributed by atoms with Gasteiger partial charge in [-0.25, -0.2) is 0 Å². The van der Waals surface area contributed by atoms with Crippen molar-refractivity contribution in [1.82, 2.24) is 0 Å². The van der Waals surface area contributed by atoms with E-state index in [1.165, 1.54) is 6.42 Å². The van der Waals surface area contributed by atoms with Crippen LogP contribution in [0.4, 0.5) is 0 Å². The maximum Gasteiger partial charge on any atom is 0.147 e. The molecule has 0 radical (unpaired) electrons. The molecule has 0 heterocycles. The topological polar surface area (TPSA) is 18.5 Å². The second-order valence-corrected chi connectivity index (χ2v) is 4.61. The van der Waals surface area contributed by atoms with Crippen LogP contribution in [-0.4, -0.2) is 24.3 Å². The van der Waals surface area contributed by atoms with Gasteiger partial charge in [0.25, 0.3) is 0 Å². The van der Waals surface area contributed by atoms with E-state index < -0.39 is 0 Å². The van der Waals surface area contributed by atoms with Crippen LogP contribution >= 0.6 is 15.9 Å². The largest absolute Gasteiger partial charge is 0.355 e. The Morgan fingerprint density at radius 3 is 2.46 bits per heavy atom. The molecule has 0 aliphatic rings. The summed E-state index contributed by atoms with van der Waals surface area (Å²) in [5.41, 5.74) is 0. The Labute approximate surface area is 90.1 Å². The van der Waals surface area contributed by atoms with Crippen molar-refractivity contribution in [3.05, 3.63) is 0 Å². The van der Waals surface area contributed by atoms with Crippen molar-refractivity contribution in [2.24, 2.45) is 0 Å². The van der Waals surface area contributed by atoms with E-state index in [0.29, 0.717) is 11.6 Å². The number of unbranched alkanes of at least 4 members (excludes halogenated alkanes) is 1. The van der Waals surface area contributed by atoms with Gasteiger partial charge in [0, 0.05) is 11.4 Å². The Hall–Kier alpha value is 0.400. The smallest absolute Gasteiger partial charge is 0.147 e. The molecule has 0 aromatic carbocycles. The van der Waals surface area contributed by atoms with E-state index in [0.717, 1.165) is 19.4 Å². The van der Waals surface area contributed by atoms with Crippen LogP contribution in [0.3, 0.4) is 0 Å². The highest BCUT2D eigenvalue weighted by atomic mass is 79.9. The molecule has 0 amide bonds. The van der Waals surface area contributed by atoms with Crippen LogP contribution in [0.15, 0.2) is 0 Å². The molecule has 2 atom stereocenters. The molecule has 13 heavy (non-hydrogen) atoms. The fourth-order valence-corrected chi connectivity index (χ4v) is 1.54. The SMILES string of the molecule is CCCCOCOC(CC)C(C)Br. The van der Waals surface area contributed by atoms with Crippen LogP contribution in [-0.2, 0) is 9.47 Å². The Morgan fingerprint density at radius 2 is 2.00 bits per heavy atom. The van der Waals surface area contributed by atoms with Gasteiger partial charge < -0.3 is 9.47 Å². The number of ether oxygens (including phenoxy) is 2. The monoisotopic (exact) mass is 252 g/mol. The summed E-state index contributed by atoms with van der Waals surface area (Å²) in [7, 11) is 0. The molecule has 2 nitrogen and oxygen atoms in total. The molecule has 0 aromatic heterocycles. The molecule has 2 unspecified atom stereocenters. The van der Waals surface area contributed by atoms with E-state index in [-0.39, 0.29) is 6.10 Å². The van der Waals surface area contributed by atoms with E-state index in [9.17, 15) is 0 Å². The highest BCUT2D eigenvalue weighted by Crippen LogP contribution is 2.11. The summed E-state index contributed by atoms with van der Waals surface area (Å²) in [6.07, 6.45) is 3.57. The van der Waals surface area contributed by atoms with Crippen molar-refractivity contribution in [2.75, 3.05) is 13.4 Å². The molecule has 3 heteroatoms. The summed E-state index contributed by atoms with van der Waals surface area (Å²) in [6.45, 7) is 7.60. The first kappa shape index (κ1) is 13.4. The van der Waals surface area contributed by atoms with Gasteiger partial charge in [-0.05, 0) is 12.8 Å². The summed E-state index contributed by atoms with van der Waals surface area (Å²) in [6, 6.07) is 0. The average Bonchev–Trinajstić information content (AvgIpc) is 2.10. The van der Waals surface area contributed by atoms with E-state index in [1.54, 1.807) is 0 Å². The van der Waals surface area contributed by atoms with Gasteiger partial charge in [0.15, 0.2) is 0 Å². The van der Waals surface area contributed by atoms with Gasteiger partial charge in [-0.15, -0.1) is 0 Å². The lowest BCUT2D eigenvalue weighted by Crippen LogP contribution is -2.22.